The third kappa shape index (κ3) is 3.16. The van der Waals surface area contributed by atoms with Crippen molar-refractivity contribution in [2.24, 2.45) is 11.8 Å². The fraction of sp³-hybridized carbons (Fsp3) is 0.467. The van der Waals surface area contributed by atoms with Crippen LogP contribution in [0.5, 0.6) is 0 Å². The molecule has 0 radical (unpaired) electrons. The molecule has 2 unspecified atom stereocenters. The van der Waals surface area contributed by atoms with E-state index in [1.165, 1.54) is 0 Å². The minimum absolute atomic E-state index is 0.120. The van der Waals surface area contributed by atoms with Gasteiger partial charge in [-0.1, -0.05) is 23.2 Å². The quantitative estimate of drug-likeness (QED) is 0.927. The number of anilines is 1. The summed E-state index contributed by atoms with van der Waals surface area (Å²) in [6.07, 6.45) is 2.78. The first kappa shape index (κ1) is 14.7. The van der Waals surface area contributed by atoms with Gasteiger partial charge in [-0.15, -0.1) is 0 Å². The fourth-order valence-electron chi connectivity index (χ4n) is 2.74. The van der Waals surface area contributed by atoms with Crippen molar-refractivity contribution in [3.63, 3.8) is 0 Å². The highest BCUT2D eigenvalue weighted by Gasteiger charge is 2.49. The van der Waals surface area contributed by atoms with Crippen LogP contribution in [0.1, 0.15) is 19.3 Å². The van der Waals surface area contributed by atoms with Gasteiger partial charge in [0, 0.05) is 18.8 Å². The van der Waals surface area contributed by atoms with E-state index >= 15 is 0 Å². The van der Waals surface area contributed by atoms with Gasteiger partial charge in [-0.05, 0) is 37.5 Å². The predicted molar refractivity (Wildman–Crippen MR) is 82.5 cm³/mol. The highest BCUT2D eigenvalue weighted by molar-refractivity contribution is 6.42. The summed E-state index contributed by atoms with van der Waals surface area (Å²) in [5.74, 6) is -0.355. The molecule has 0 aromatic heterocycles. The van der Waals surface area contributed by atoms with Crippen LogP contribution in [0, 0.1) is 11.8 Å². The molecule has 1 saturated heterocycles. The average molecular weight is 327 g/mol. The van der Waals surface area contributed by atoms with Crippen LogP contribution in [-0.4, -0.2) is 29.8 Å². The first-order valence-electron chi connectivity index (χ1n) is 7.11. The maximum Gasteiger partial charge on any atom is 0.228 e. The van der Waals surface area contributed by atoms with E-state index in [-0.39, 0.29) is 23.7 Å². The molecule has 2 amide bonds. The van der Waals surface area contributed by atoms with E-state index in [9.17, 15) is 9.59 Å². The molecule has 1 aliphatic heterocycles. The Morgan fingerprint density at radius 2 is 1.81 bits per heavy atom. The van der Waals surface area contributed by atoms with E-state index in [2.05, 4.69) is 5.32 Å². The number of rotatable bonds is 3. The highest BCUT2D eigenvalue weighted by atomic mass is 35.5. The zero-order chi connectivity index (χ0) is 15.0. The molecule has 0 spiro atoms. The second kappa shape index (κ2) is 5.85. The summed E-state index contributed by atoms with van der Waals surface area (Å²) in [5.41, 5.74) is 0.605. The first-order valence-corrected chi connectivity index (χ1v) is 7.86. The Hall–Kier alpha value is -1.26. The van der Waals surface area contributed by atoms with Gasteiger partial charge in [0.25, 0.3) is 0 Å². The van der Waals surface area contributed by atoms with E-state index in [1.807, 2.05) is 4.90 Å². The molecule has 1 saturated carbocycles. The van der Waals surface area contributed by atoms with Gasteiger partial charge in [0.15, 0.2) is 0 Å². The number of benzene rings is 1. The monoisotopic (exact) mass is 326 g/mol. The van der Waals surface area contributed by atoms with Crippen LogP contribution in [0.3, 0.4) is 0 Å². The van der Waals surface area contributed by atoms with Crippen molar-refractivity contribution in [2.75, 3.05) is 18.4 Å². The van der Waals surface area contributed by atoms with Crippen LogP contribution >= 0.6 is 23.2 Å². The van der Waals surface area contributed by atoms with Gasteiger partial charge in [-0.25, -0.2) is 0 Å². The Kier molecular flexibility index (Phi) is 4.09. The van der Waals surface area contributed by atoms with Crippen LogP contribution in [0.2, 0.25) is 10.0 Å². The normalized spacial score (nSPS) is 24.0. The molecule has 1 aromatic carbocycles. The zero-order valence-corrected chi connectivity index (χ0v) is 13.0. The maximum absolute atomic E-state index is 12.2. The van der Waals surface area contributed by atoms with Gasteiger partial charge in [0.1, 0.15) is 0 Å². The number of nitrogens with zero attached hydrogens (tertiary/aromatic N) is 1. The first-order chi connectivity index (χ1) is 10.1. The second-order valence-corrected chi connectivity index (χ2v) is 6.41. The van der Waals surface area contributed by atoms with Crippen molar-refractivity contribution in [1.29, 1.82) is 0 Å². The molecule has 2 atom stereocenters. The third-order valence-corrected chi connectivity index (χ3v) is 4.79. The molecule has 2 fully saturated rings. The second-order valence-electron chi connectivity index (χ2n) is 5.60. The van der Waals surface area contributed by atoms with Gasteiger partial charge >= 0.3 is 0 Å². The lowest BCUT2D eigenvalue weighted by molar-refractivity contribution is -0.133. The lowest BCUT2D eigenvalue weighted by Crippen LogP contribution is -2.30. The lowest BCUT2D eigenvalue weighted by Gasteiger charge is -2.14. The summed E-state index contributed by atoms with van der Waals surface area (Å²) < 4.78 is 0. The van der Waals surface area contributed by atoms with Gasteiger partial charge in [-0.3, -0.25) is 9.59 Å². The lowest BCUT2D eigenvalue weighted by atomic mass is 10.2. The molecule has 1 N–H and O–H groups in total. The molecule has 21 heavy (non-hydrogen) atoms. The SMILES string of the molecule is O=C(Nc1ccc(Cl)c(Cl)c1)C1CC1C(=O)N1CCCC1. The molecule has 0 bridgehead atoms. The number of hydrogen-bond donors (Lipinski definition) is 1. The number of likely N-dealkylation sites (tertiary alicyclic amines) is 1. The van der Waals surface area contributed by atoms with E-state index in [4.69, 9.17) is 23.2 Å². The fourth-order valence-corrected chi connectivity index (χ4v) is 3.04. The summed E-state index contributed by atoms with van der Waals surface area (Å²) in [6.45, 7) is 1.66. The highest BCUT2D eigenvalue weighted by Crippen LogP contribution is 2.41. The van der Waals surface area contributed by atoms with Gasteiger partial charge in [-0.2, -0.15) is 0 Å². The number of hydrogen-bond acceptors (Lipinski definition) is 2. The van der Waals surface area contributed by atoms with Crippen molar-refractivity contribution in [3.05, 3.63) is 28.2 Å². The molecule has 1 aliphatic carbocycles. The standard InChI is InChI=1S/C15H16Cl2N2O2/c16-12-4-3-9(7-13(12)17)18-14(20)10-8-11(10)15(21)19-5-1-2-6-19/h3-4,7,10-11H,1-2,5-6,8H2,(H,18,20). The number of nitrogens with one attached hydrogen (secondary N) is 1. The smallest absolute Gasteiger partial charge is 0.228 e. The summed E-state index contributed by atoms with van der Waals surface area (Å²) in [6, 6.07) is 4.95. The van der Waals surface area contributed by atoms with E-state index in [1.54, 1.807) is 18.2 Å². The van der Waals surface area contributed by atoms with Gasteiger partial charge in [0.2, 0.25) is 11.8 Å². The van der Waals surface area contributed by atoms with Crippen molar-refractivity contribution in [2.45, 2.75) is 19.3 Å². The van der Waals surface area contributed by atoms with Crippen molar-refractivity contribution in [3.8, 4) is 0 Å². The molecule has 1 heterocycles. The minimum Gasteiger partial charge on any atom is -0.342 e. The Morgan fingerprint density at radius 3 is 2.48 bits per heavy atom. The number of halogens is 2. The third-order valence-electron chi connectivity index (χ3n) is 4.05. The predicted octanol–water partition coefficient (Wildman–Crippen LogP) is 3.19. The Labute approximate surface area is 133 Å². The molecule has 1 aromatic rings. The summed E-state index contributed by atoms with van der Waals surface area (Å²) in [4.78, 5) is 26.2. The zero-order valence-electron chi connectivity index (χ0n) is 11.4. The number of carbonyl (C=O) groups is 2. The van der Waals surface area contributed by atoms with E-state index in [0.717, 1.165) is 25.9 Å². The van der Waals surface area contributed by atoms with Gasteiger partial charge in [0.05, 0.1) is 21.9 Å². The van der Waals surface area contributed by atoms with Crippen molar-refractivity contribution in [1.82, 2.24) is 4.90 Å². The van der Waals surface area contributed by atoms with E-state index < -0.39 is 0 Å². The molecule has 112 valence electrons. The minimum atomic E-state index is -0.215. The number of carbonyl (C=O) groups excluding carboxylic acids is 2. The van der Waals surface area contributed by atoms with Crippen LogP contribution < -0.4 is 5.32 Å². The van der Waals surface area contributed by atoms with Gasteiger partial charge < -0.3 is 10.2 Å². The summed E-state index contributed by atoms with van der Waals surface area (Å²) in [5, 5.41) is 3.64. The molecule has 4 nitrogen and oxygen atoms in total. The van der Waals surface area contributed by atoms with Crippen molar-refractivity contribution < 1.29 is 9.59 Å². The molecule has 2 aliphatic rings. The van der Waals surface area contributed by atoms with Crippen LogP contribution in [0.15, 0.2) is 18.2 Å². The average Bonchev–Trinajstić information content (AvgIpc) is 3.08. The molecular formula is C15H16Cl2N2O2. The maximum atomic E-state index is 12.2. The van der Waals surface area contributed by atoms with Crippen LogP contribution in [0.25, 0.3) is 0 Å². The van der Waals surface area contributed by atoms with Crippen LogP contribution in [-0.2, 0) is 9.59 Å². The molecule has 6 heteroatoms. The summed E-state index contributed by atoms with van der Waals surface area (Å²) >= 11 is 11.7. The van der Waals surface area contributed by atoms with E-state index in [0.29, 0.717) is 22.2 Å². The Balaban J connectivity index is 1.57. The topological polar surface area (TPSA) is 49.4 Å². The van der Waals surface area contributed by atoms with Crippen molar-refractivity contribution >= 4 is 40.7 Å². The molecule has 3 rings (SSSR count). The largest absolute Gasteiger partial charge is 0.342 e. The number of amides is 2. The summed E-state index contributed by atoms with van der Waals surface area (Å²) in [7, 11) is 0. The Bertz CT molecular complexity index is 585. The Morgan fingerprint density at radius 1 is 1.10 bits per heavy atom. The molecular weight excluding hydrogens is 311 g/mol. The van der Waals surface area contributed by atoms with Crippen LogP contribution in [0.4, 0.5) is 5.69 Å².